The number of aliphatic carboxylic acids is 1. The van der Waals surface area contributed by atoms with Crippen LogP contribution < -0.4 is 9.64 Å². The number of carbonyl (C=O) groups is 5. The van der Waals surface area contributed by atoms with Gasteiger partial charge in [0.05, 0.1) is 11.8 Å². The number of nitrogens with zero attached hydrogens (tertiary/aromatic N) is 2. The van der Waals surface area contributed by atoms with Gasteiger partial charge in [-0.25, -0.2) is 26.9 Å². The summed E-state index contributed by atoms with van der Waals surface area (Å²) < 4.78 is 117. The van der Waals surface area contributed by atoms with E-state index in [1.165, 1.54) is 6.08 Å². The Morgan fingerprint density at radius 2 is 1.53 bits per heavy atom. The number of carboxylic acid groups (broad SMARTS) is 1. The Kier molecular flexibility index (Phi) is 8.60. The normalized spacial score (nSPS) is 28.9. The van der Waals surface area contributed by atoms with Gasteiger partial charge in [0.1, 0.15) is 17.2 Å². The molecular formula is C31H20Cl2F8N2O8. The number of amides is 4. The topological polar surface area (TPSA) is 142 Å². The number of hydrogen-bond donors (Lipinski definition) is 2. The Balaban J connectivity index is 1.56. The quantitative estimate of drug-likeness (QED) is 0.0951. The lowest BCUT2D eigenvalue weighted by molar-refractivity contribution is -0.274. The summed E-state index contributed by atoms with van der Waals surface area (Å²) in [4.78, 5) is 60.8. The lowest BCUT2D eigenvalue weighted by Gasteiger charge is -2.50. The van der Waals surface area contributed by atoms with Crippen LogP contribution in [-0.2, 0) is 24.0 Å². The molecule has 6 atom stereocenters. The third-order valence-corrected chi connectivity index (χ3v) is 11.0. The van der Waals surface area contributed by atoms with Crippen LogP contribution in [0.5, 0.6) is 11.5 Å². The Hall–Kier alpha value is -4.45. The second-order valence-electron chi connectivity index (χ2n) is 12.3. The van der Waals surface area contributed by atoms with Crippen molar-refractivity contribution in [2.75, 3.05) is 11.4 Å². The second kappa shape index (κ2) is 12.1. The number of phenols is 1. The average Bonchev–Trinajstić information content (AvgIpc) is 3.37. The first-order valence-electron chi connectivity index (χ1n) is 14.8. The Morgan fingerprint density at radius 3 is 2.12 bits per heavy atom. The number of imide groups is 2. The molecule has 0 aromatic heterocycles. The van der Waals surface area contributed by atoms with Gasteiger partial charge in [-0.1, -0.05) is 11.6 Å². The minimum Gasteiger partial charge on any atom is -0.508 e. The summed E-state index contributed by atoms with van der Waals surface area (Å²) in [5.74, 6) is -27.7. The molecule has 2 aliphatic carbocycles. The smallest absolute Gasteiger partial charge is 0.508 e. The summed E-state index contributed by atoms with van der Waals surface area (Å²) in [5, 5.41) is 20.0. The zero-order valence-corrected chi connectivity index (χ0v) is 26.7. The van der Waals surface area contributed by atoms with E-state index in [2.05, 4.69) is 4.74 Å². The molecule has 3 fully saturated rings. The van der Waals surface area contributed by atoms with Crippen LogP contribution >= 0.6 is 23.2 Å². The molecular weight excluding hydrogens is 751 g/mol. The van der Waals surface area contributed by atoms with E-state index in [0.29, 0.717) is 18.2 Å². The molecule has 0 bridgehead atoms. The highest BCUT2D eigenvalue weighted by Gasteiger charge is 2.77. The number of aromatic hydroxyl groups is 1. The van der Waals surface area contributed by atoms with Crippen LogP contribution in [0, 0.1) is 46.8 Å². The van der Waals surface area contributed by atoms with E-state index in [1.54, 1.807) is 0 Å². The zero-order chi connectivity index (χ0) is 37.7. The van der Waals surface area contributed by atoms with Gasteiger partial charge >= 0.3 is 12.3 Å². The fourth-order valence-corrected chi connectivity index (χ4v) is 8.47. The number of alkyl halides is 5. The van der Waals surface area contributed by atoms with Crippen molar-refractivity contribution in [2.45, 2.75) is 47.7 Å². The number of phenolic OH excluding ortho intramolecular Hbond substituents is 1. The van der Waals surface area contributed by atoms with E-state index in [0.717, 1.165) is 4.90 Å². The minimum atomic E-state index is -5.31. The van der Waals surface area contributed by atoms with Crippen LogP contribution in [0.1, 0.15) is 37.2 Å². The van der Waals surface area contributed by atoms with Crippen molar-refractivity contribution in [2.24, 2.45) is 17.8 Å². The SMILES string of the molecule is O=C(O)CCCN1C(=O)C2CC=C3C(CC4(Cl)C(=O)N(c5c(F)c(F)c(F)c(F)c5F)C(=O)C4(Cl)C3c3cc(OC(F)(F)F)ccc3O)C2C1=O. The molecule has 4 amide bonds. The standard InChI is InChI=1S/C31H20Cl2F8N2O8/c32-29-9-14-11(4-5-12-17(14)26(48)42(25(12)47)7-1-2-16(45)46)18(13-8-10(3-6-15(13)44)51-31(39,40)41)30(29,33)28(50)43(27(29)49)24-22(37)20(35)19(34)21(36)23(24)38/h3-4,6,8,12,14,17-18,44H,1-2,5,7,9H2,(H,45,46). The highest BCUT2D eigenvalue weighted by atomic mass is 35.5. The first-order valence-corrected chi connectivity index (χ1v) is 15.6. The van der Waals surface area contributed by atoms with Gasteiger partial charge in [-0.3, -0.25) is 28.9 Å². The first-order chi connectivity index (χ1) is 23.7. The predicted molar refractivity (Wildman–Crippen MR) is 155 cm³/mol. The van der Waals surface area contributed by atoms with Crippen molar-refractivity contribution in [1.82, 2.24) is 4.90 Å². The number of ether oxygens (including phenoxy) is 1. The van der Waals surface area contributed by atoms with Gasteiger partial charge in [0.15, 0.2) is 33.0 Å². The van der Waals surface area contributed by atoms with Crippen molar-refractivity contribution in [3.63, 3.8) is 0 Å². The number of carbonyl (C=O) groups excluding carboxylic acids is 4. The molecule has 0 spiro atoms. The predicted octanol–water partition coefficient (Wildman–Crippen LogP) is 5.41. The van der Waals surface area contributed by atoms with E-state index >= 15 is 8.78 Å². The number of benzene rings is 2. The van der Waals surface area contributed by atoms with E-state index in [-0.39, 0.29) is 25.0 Å². The number of fused-ring (bicyclic) bond motifs is 4. The van der Waals surface area contributed by atoms with Crippen molar-refractivity contribution in [3.05, 3.63) is 64.5 Å². The third-order valence-electron chi connectivity index (χ3n) is 9.63. The Morgan fingerprint density at radius 1 is 0.922 bits per heavy atom. The van der Waals surface area contributed by atoms with Crippen LogP contribution in [0.2, 0.25) is 0 Å². The largest absolute Gasteiger partial charge is 0.573 e. The molecule has 10 nitrogen and oxygen atoms in total. The summed E-state index contributed by atoms with van der Waals surface area (Å²) in [6.45, 7) is -0.350. The van der Waals surface area contributed by atoms with Gasteiger partial charge < -0.3 is 14.9 Å². The fraction of sp³-hybridized carbons (Fsp3) is 0.387. The van der Waals surface area contributed by atoms with Gasteiger partial charge in [0.25, 0.3) is 11.8 Å². The molecule has 20 heteroatoms. The van der Waals surface area contributed by atoms with Gasteiger partial charge in [-0.2, -0.15) is 0 Å². The number of likely N-dealkylation sites (tertiary alicyclic amines) is 1. The van der Waals surface area contributed by atoms with E-state index < -0.39 is 139 Å². The highest BCUT2D eigenvalue weighted by Crippen LogP contribution is 2.67. The van der Waals surface area contributed by atoms with E-state index in [4.69, 9.17) is 28.3 Å². The number of hydrogen-bond acceptors (Lipinski definition) is 7. The van der Waals surface area contributed by atoms with Gasteiger partial charge in [-0.15, -0.1) is 36.4 Å². The highest BCUT2D eigenvalue weighted by molar-refractivity contribution is 6.58. The fourth-order valence-electron chi connectivity index (χ4n) is 7.55. The van der Waals surface area contributed by atoms with Gasteiger partial charge in [-0.05, 0) is 43.4 Å². The van der Waals surface area contributed by atoms with Crippen LogP contribution in [0.4, 0.5) is 40.8 Å². The Bertz CT molecular complexity index is 1950. The number of rotatable bonds is 7. The summed E-state index contributed by atoms with van der Waals surface area (Å²) in [7, 11) is 0. The second-order valence-corrected chi connectivity index (χ2v) is 13.5. The maximum absolute atomic E-state index is 15.1. The van der Waals surface area contributed by atoms with E-state index in [9.17, 15) is 55.4 Å². The summed E-state index contributed by atoms with van der Waals surface area (Å²) >= 11 is 13.8. The molecule has 2 saturated heterocycles. The van der Waals surface area contributed by atoms with Crippen molar-refractivity contribution < 1.29 is 74.0 Å². The maximum atomic E-state index is 15.1. The van der Waals surface area contributed by atoms with Crippen LogP contribution in [0.15, 0.2) is 29.8 Å². The molecule has 1 saturated carbocycles. The molecule has 4 aliphatic rings. The lowest BCUT2D eigenvalue weighted by Crippen LogP contribution is -2.60. The minimum absolute atomic E-state index is 0.143. The Labute approximate surface area is 290 Å². The molecule has 6 unspecified atom stereocenters. The molecule has 2 N–H and O–H groups in total. The molecule has 2 heterocycles. The maximum Gasteiger partial charge on any atom is 0.573 e. The van der Waals surface area contributed by atoms with Crippen molar-refractivity contribution >= 4 is 58.5 Å². The zero-order valence-electron chi connectivity index (χ0n) is 25.2. The molecule has 272 valence electrons. The van der Waals surface area contributed by atoms with Crippen LogP contribution in [-0.4, -0.2) is 67.4 Å². The summed E-state index contributed by atoms with van der Waals surface area (Å²) in [6, 6.07) is 1.90. The van der Waals surface area contributed by atoms with Crippen LogP contribution in [0.25, 0.3) is 0 Å². The number of carboxylic acids is 1. The molecule has 6 rings (SSSR count). The summed E-state index contributed by atoms with van der Waals surface area (Å²) in [5.41, 5.74) is -2.91. The number of anilines is 1. The van der Waals surface area contributed by atoms with Crippen LogP contribution in [0.3, 0.4) is 0 Å². The number of allylic oxidation sites excluding steroid dienone is 2. The van der Waals surface area contributed by atoms with Crippen molar-refractivity contribution in [3.8, 4) is 11.5 Å². The summed E-state index contributed by atoms with van der Waals surface area (Å²) in [6.07, 6.45) is -5.83. The lowest BCUT2D eigenvalue weighted by atomic mass is 9.56. The van der Waals surface area contributed by atoms with Gasteiger partial charge in [0, 0.05) is 24.4 Å². The molecule has 2 aliphatic heterocycles. The van der Waals surface area contributed by atoms with E-state index in [1.807, 2.05) is 0 Å². The molecule has 51 heavy (non-hydrogen) atoms. The first kappa shape index (κ1) is 36.3. The average molecular weight is 771 g/mol. The molecule has 0 radical (unpaired) electrons. The molecule has 2 aromatic carbocycles. The number of halogens is 10. The van der Waals surface area contributed by atoms with Gasteiger partial charge in [0.2, 0.25) is 17.6 Å². The molecule has 2 aromatic rings. The monoisotopic (exact) mass is 770 g/mol. The van der Waals surface area contributed by atoms with Crippen molar-refractivity contribution in [1.29, 1.82) is 0 Å². The third kappa shape index (κ3) is 5.23.